The first kappa shape index (κ1) is 24.4. The lowest BCUT2D eigenvalue weighted by Crippen LogP contribution is -2.59. The molecular formula is C23H36I2N2O. The summed E-state index contributed by atoms with van der Waals surface area (Å²) < 4.78 is 9.07. The number of halogens is 2. The van der Waals surface area contributed by atoms with Crippen molar-refractivity contribution in [2.24, 2.45) is 16.2 Å². The molecule has 0 N–H and O–H groups in total. The number of aromatic nitrogens is 2. The maximum atomic E-state index is 6.72. The van der Waals surface area contributed by atoms with Gasteiger partial charge in [-0.25, -0.2) is 4.98 Å². The molecule has 2 atom stereocenters. The van der Waals surface area contributed by atoms with Crippen LogP contribution in [-0.2, 0) is 4.74 Å². The van der Waals surface area contributed by atoms with Crippen molar-refractivity contribution in [3.8, 4) is 0 Å². The van der Waals surface area contributed by atoms with E-state index < -0.39 is 0 Å². The zero-order chi connectivity index (χ0) is 21.8. The summed E-state index contributed by atoms with van der Waals surface area (Å²) in [7, 11) is 0. The van der Waals surface area contributed by atoms with Crippen LogP contribution in [0.1, 0.15) is 77.2 Å². The third kappa shape index (κ3) is 3.35. The molecule has 1 aliphatic heterocycles. The number of benzene rings is 1. The Labute approximate surface area is 194 Å². The van der Waals surface area contributed by atoms with Gasteiger partial charge in [-0.3, -0.25) is 0 Å². The highest BCUT2D eigenvalue weighted by Crippen LogP contribution is 2.62. The van der Waals surface area contributed by atoms with Gasteiger partial charge in [-0.05, 0) is 68.2 Å². The van der Waals surface area contributed by atoms with Crippen LogP contribution >= 0.6 is 37.2 Å². The molecule has 0 radical (unpaired) electrons. The largest absolute Gasteiger partial charge is 0.354 e. The minimum atomic E-state index is -0.0475. The van der Waals surface area contributed by atoms with E-state index in [1.807, 2.05) is 0 Å². The van der Waals surface area contributed by atoms with Gasteiger partial charge in [-0.15, -0.1) is 0 Å². The number of hydrogen-bond acceptors (Lipinski definition) is 2. The first-order chi connectivity index (χ1) is 12.7. The molecule has 3 rings (SSSR count). The lowest BCUT2D eigenvalue weighted by Gasteiger charge is -2.62. The molecule has 0 saturated carbocycles. The molecule has 158 valence electrons. The number of fused-ring (bicyclic) bond motifs is 1. The molecule has 1 aromatic carbocycles. The van der Waals surface area contributed by atoms with Gasteiger partial charge in [-0.2, -0.15) is 0 Å². The summed E-state index contributed by atoms with van der Waals surface area (Å²) in [6.07, 6.45) is 0.132. The van der Waals surface area contributed by atoms with Gasteiger partial charge in [0.15, 0.2) is 0 Å². The Balaban J connectivity index is 0.00000136. The molecule has 2 unspecified atom stereocenters. The van der Waals surface area contributed by atoms with Crippen LogP contribution in [0.15, 0.2) is 6.07 Å². The smallest absolute Gasteiger partial charge is 0.141 e. The van der Waals surface area contributed by atoms with E-state index in [0.717, 1.165) is 11.3 Å². The van der Waals surface area contributed by atoms with Crippen molar-refractivity contribution in [1.29, 1.82) is 0 Å². The molecule has 28 heavy (non-hydrogen) atoms. The average molecular weight is 610 g/mol. The van der Waals surface area contributed by atoms with E-state index >= 15 is 0 Å². The maximum Gasteiger partial charge on any atom is 0.141 e. The van der Waals surface area contributed by atoms with Crippen LogP contribution in [0, 0.1) is 43.9 Å². The number of hydrogen-bond donors (Lipinski definition) is 0. The molecule has 1 saturated heterocycles. The third-order valence-corrected chi connectivity index (χ3v) is 8.41. The second-order valence-corrected chi connectivity index (χ2v) is 10.0. The molecule has 0 spiro atoms. The zero-order valence-electron chi connectivity index (χ0n) is 19.3. The summed E-state index contributed by atoms with van der Waals surface area (Å²) in [6.45, 7) is 25.1. The first-order valence-electron chi connectivity index (χ1n) is 10.00. The molecule has 1 aromatic heterocycles. The summed E-state index contributed by atoms with van der Waals surface area (Å²) in [5.41, 5.74) is 6.37. The van der Waals surface area contributed by atoms with Crippen molar-refractivity contribution in [3.63, 3.8) is 0 Å². The quantitative estimate of drug-likeness (QED) is 0.306. The van der Waals surface area contributed by atoms with E-state index in [0.29, 0.717) is 0 Å². The van der Waals surface area contributed by atoms with Crippen LogP contribution in [0.2, 0.25) is 0 Å². The second-order valence-electron chi connectivity index (χ2n) is 10.0. The van der Waals surface area contributed by atoms with Gasteiger partial charge < -0.3 is 9.30 Å². The maximum absolute atomic E-state index is 6.72. The van der Waals surface area contributed by atoms with E-state index in [4.69, 9.17) is 9.72 Å². The van der Waals surface area contributed by atoms with Crippen LogP contribution in [0.5, 0.6) is 0 Å². The SMILES string of the molecule is Cc1cc2c(nc(C)n2C2OC(C)C(C)(C)C(C)(C)C2(C)C)c(C)c1C.II. The Hall–Kier alpha value is 0.110. The predicted molar refractivity (Wildman–Crippen MR) is 138 cm³/mol. The van der Waals surface area contributed by atoms with Crippen LogP contribution in [0.3, 0.4) is 0 Å². The molecular weight excluding hydrogens is 574 g/mol. The summed E-state index contributed by atoms with van der Waals surface area (Å²) >= 11 is 4.24. The summed E-state index contributed by atoms with van der Waals surface area (Å²) in [5, 5.41) is 0. The number of rotatable bonds is 1. The lowest BCUT2D eigenvalue weighted by atomic mass is 9.51. The Morgan fingerprint density at radius 1 is 0.929 bits per heavy atom. The molecule has 1 fully saturated rings. The normalized spacial score (nSPS) is 25.3. The second kappa shape index (κ2) is 7.98. The minimum absolute atomic E-state index is 0.0352. The Morgan fingerprint density at radius 3 is 2.00 bits per heavy atom. The Bertz CT molecular complexity index is 881. The van der Waals surface area contributed by atoms with Crippen LogP contribution in [0.25, 0.3) is 11.0 Å². The van der Waals surface area contributed by atoms with E-state index in [9.17, 15) is 0 Å². The van der Waals surface area contributed by atoms with Crippen molar-refractivity contribution in [1.82, 2.24) is 9.55 Å². The van der Waals surface area contributed by atoms with Crippen molar-refractivity contribution in [3.05, 3.63) is 28.6 Å². The van der Waals surface area contributed by atoms with Crippen molar-refractivity contribution >= 4 is 48.3 Å². The highest BCUT2D eigenvalue weighted by atomic mass is 128. The van der Waals surface area contributed by atoms with Crippen LogP contribution in [-0.4, -0.2) is 15.7 Å². The van der Waals surface area contributed by atoms with E-state index in [-0.39, 0.29) is 28.6 Å². The van der Waals surface area contributed by atoms with Gasteiger partial charge in [0.05, 0.1) is 17.1 Å². The van der Waals surface area contributed by atoms with Gasteiger partial charge in [0.2, 0.25) is 0 Å². The van der Waals surface area contributed by atoms with Gasteiger partial charge in [0.25, 0.3) is 0 Å². The number of nitrogens with zero attached hydrogens (tertiary/aromatic N) is 2. The fraction of sp³-hybridized carbons (Fsp3) is 0.696. The van der Waals surface area contributed by atoms with Crippen molar-refractivity contribution in [2.75, 3.05) is 0 Å². The lowest BCUT2D eigenvalue weighted by molar-refractivity contribution is -0.269. The molecule has 0 aliphatic carbocycles. The van der Waals surface area contributed by atoms with E-state index in [1.54, 1.807) is 0 Å². The fourth-order valence-electron chi connectivity index (χ4n) is 4.62. The highest BCUT2D eigenvalue weighted by Gasteiger charge is 2.59. The summed E-state index contributed by atoms with van der Waals surface area (Å²) in [5.74, 6) is 1.04. The summed E-state index contributed by atoms with van der Waals surface area (Å²) in [4.78, 5) is 4.95. The molecule has 1 aliphatic rings. The monoisotopic (exact) mass is 610 g/mol. The van der Waals surface area contributed by atoms with Crippen molar-refractivity contribution in [2.45, 2.75) is 88.5 Å². The number of aryl methyl sites for hydroxylation is 3. The Morgan fingerprint density at radius 2 is 1.46 bits per heavy atom. The van der Waals surface area contributed by atoms with Gasteiger partial charge >= 0.3 is 0 Å². The standard InChI is InChI=1S/C23H36N2O.I2/c1-13-12-18-19(15(3)14(13)2)24-17(5)25(18)20-22(8,9)23(10,11)21(6,7)16(4)26-20;1-2/h12,16,20H,1-11H3;. The topological polar surface area (TPSA) is 27.1 Å². The van der Waals surface area contributed by atoms with Crippen molar-refractivity contribution < 1.29 is 4.74 Å². The van der Waals surface area contributed by atoms with Gasteiger partial charge in [-0.1, -0.05) is 41.5 Å². The van der Waals surface area contributed by atoms with E-state index in [1.165, 1.54) is 22.2 Å². The van der Waals surface area contributed by atoms with Gasteiger partial charge in [0.1, 0.15) is 12.1 Å². The molecule has 2 heterocycles. The molecule has 2 aromatic rings. The summed E-state index contributed by atoms with van der Waals surface area (Å²) in [6, 6.07) is 2.29. The first-order valence-corrected chi connectivity index (χ1v) is 16.3. The average Bonchev–Trinajstić information content (AvgIpc) is 2.93. The minimum Gasteiger partial charge on any atom is -0.354 e. The zero-order valence-corrected chi connectivity index (χ0v) is 23.6. The van der Waals surface area contributed by atoms with Crippen LogP contribution in [0.4, 0.5) is 0 Å². The number of ether oxygens (including phenoxy) is 1. The molecule has 5 heteroatoms. The third-order valence-electron chi connectivity index (χ3n) is 8.41. The highest BCUT2D eigenvalue weighted by molar-refractivity contribution is 15.0. The Kier molecular flexibility index (Phi) is 6.95. The molecule has 0 bridgehead atoms. The predicted octanol–water partition coefficient (Wildman–Crippen LogP) is 8.04. The fourth-order valence-corrected chi connectivity index (χ4v) is 4.62. The van der Waals surface area contributed by atoms with Crippen LogP contribution < -0.4 is 0 Å². The number of imidazole rings is 1. The van der Waals surface area contributed by atoms with E-state index in [2.05, 4.69) is 124 Å². The molecule has 0 amide bonds. The van der Waals surface area contributed by atoms with Gasteiger partial charge in [0, 0.05) is 42.6 Å². The molecule has 3 nitrogen and oxygen atoms in total.